The zero-order valence-electron chi connectivity index (χ0n) is 11.9. The van der Waals surface area contributed by atoms with Gasteiger partial charge in [-0.3, -0.25) is 0 Å². The molecule has 3 aromatic rings. The third kappa shape index (κ3) is 2.48. The number of halogens is 1. The summed E-state index contributed by atoms with van der Waals surface area (Å²) in [7, 11) is 0. The first-order valence-electron chi connectivity index (χ1n) is 7.21. The van der Waals surface area contributed by atoms with E-state index >= 15 is 0 Å². The lowest BCUT2D eigenvalue weighted by Crippen LogP contribution is -2.30. The molecule has 3 nitrogen and oxygen atoms in total. The van der Waals surface area contributed by atoms with Crippen LogP contribution in [0.4, 0.5) is 9.52 Å². The van der Waals surface area contributed by atoms with Crippen molar-refractivity contribution in [2.24, 2.45) is 0 Å². The molecular formula is C17H14FN3S. The molecule has 110 valence electrons. The molecule has 1 aromatic heterocycles. The molecule has 1 aliphatic rings. The van der Waals surface area contributed by atoms with E-state index in [1.807, 2.05) is 36.4 Å². The summed E-state index contributed by atoms with van der Waals surface area (Å²) in [5, 5.41) is 0.925. The number of rotatable bonds is 2. The van der Waals surface area contributed by atoms with Gasteiger partial charge in [0.15, 0.2) is 5.82 Å². The Labute approximate surface area is 132 Å². The van der Waals surface area contributed by atoms with Crippen LogP contribution in [-0.4, -0.2) is 15.9 Å². The van der Waals surface area contributed by atoms with E-state index in [9.17, 15) is 4.39 Å². The van der Waals surface area contributed by atoms with Crippen molar-refractivity contribution in [2.45, 2.75) is 13.0 Å². The number of benzene rings is 2. The SMILES string of the molecule is Fc1ccc2c(c1)CCN(c1nc(-c3ccccc3)ns1)C2. The molecule has 0 radical (unpaired) electrons. The number of aromatic nitrogens is 2. The predicted molar refractivity (Wildman–Crippen MR) is 86.5 cm³/mol. The molecule has 0 aliphatic carbocycles. The molecule has 1 aliphatic heterocycles. The quantitative estimate of drug-likeness (QED) is 0.718. The molecule has 0 fully saturated rings. The maximum atomic E-state index is 13.3. The highest BCUT2D eigenvalue weighted by molar-refractivity contribution is 7.09. The van der Waals surface area contributed by atoms with E-state index in [0.29, 0.717) is 0 Å². The molecule has 5 heteroatoms. The van der Waals surface area contributed by atoms with Gasteiger partial charge < -0.3 is 4.90 Å². The lowest BCUT2D eigenvalue weighted by molar-refractivity contribution is 0.619. The monoisotopic (exact) mass is 311 g/mol. The average Bonchev–Trinajstić information content (AvgIpc) is 3.05. The number of nitrogens with zero attached hydrogens (tertiary/aromatic N) is 3. The minimum atomic E-state index is -0.158. The Bertz CT molecular complexity index is 801. The summed E-state index contributed by atoms with van der Waals surface area (Å²) in [6, 6.07) is 15.0. The largest absolute Gasteiger partial charge is 0.342 e. The molecule has 0 N–H and O–H groups in total. The normalized spacial score (nSPS) is 14.0. The summed E-state index contributed by atoms with van der Waals surface area (Å²) >= 11 is 1.42. The van der Waals surface area contributed by atoms with Crippen LogP contribution in [0.25, 0.3) is 11.4 Å². The second-order valence-electron chi connectivity index (χ2n) is 5.35. The van der Waals surface area contributed by atoms with Gasteiger partial charge >= 0.3 is 0 Å². The third-order valence-corrected chi connectivity index (χ3v) is 4.68. The van der Waals surface area contributed by atoms with Gasteiger partial charge in [0.25, 0.3) is 0 Å². The van der Waals surface area contributed by atoms with Gasteiger partial charge in [0.1, 0.15) is 5.82 Å². The predicted octanol–water partition coefficient (Wildman–Crippen LogP) is 3.91. The van der Waals surface area contributed by atoms with E-state index in [2.05, 4.69) is 14.3 Å². The van der Waals surface area contributed by atoms with Gasteiger partial charge in [-0.2, -0.15) is 9.36 Å². The van der Waals surface area contributed by atoms with Gasteiger partial charge in [-0.15, -0.1) is 0 Å². The lowest BCUT2D eigenvalue weighted by Gasteiger charge is -2.28. The summed E-state index contributed by atoms with van der Waals surface area (Å²) in [4.78, 5) is 6.87. The molecule has 22 heavy (non-hydrogen) atoms. The van der Waals surface area contributed by atoms with Crippen LogP contribution in [0.1, 0.15) is 11.1 Å². The highest BCUT2D eigenvalue weighted by atomic mass is 32.1. The summed E-state index contributed by atoms with van der Waals surface area (Å²) in [6.45, 7) is 1.61. The van der Waals surface area contributed by atoms with E-state index in [0.717, 1.165) is 41.6 Å². The summed E-state index contributed by atoms with van der Waals surface area (Å²) in [6.07, 6.45) is 0.841. The van der Waals surface area contributed by atoms with Gasteiger partial charge in [0, 0.05) is 30.2 Å². The van der Waals surface area contributed by atoms with Crippen LogP contribution in [-0.2, 0) is 13.0 Å². The van der Waals surface area contributed by atoms with Gasteiger partial charge in [-0.1, -0.05) is 36.4 Å². The van der Waals surface area contributed by atoms with Crippen LogP contribution in [0.2, 0.25) is 0 Å². The highest BCUT2D eigenvalue weighted by Crippen LogP contribution is 2.28. The maximum absolute atomic E-state index is 13.3. The fourth-order valence-electron chi connectivity index (χ4n) is 2.73. The molecule has 0 spiro atoms. The fraction of sp³-hybridized carbons (Fsp3) is 0.176. The Morgan fingerprint density at radius 3 is 2.77 bits per heavy atom. The molecule has 0 saturated carbocycles. The first-order chi connectivity index (χ1) is 10.8. The van der Waals surface area contributed by atoms with Crippen molar-refractivity contribution in [1.82, 2.24) is 9.36 Å². The Hall–Kier alpha value is -2.27. The first kappa shape index (κ1) is 13.4. The van der Waals surface area contributed by atoms with Crippen molar-refractivity contribution in [1.29, 1.82) is 0 Å². The van der Waals surface area contributed by atoms with Gasteiger partial charge in [0.2, 0.25) is 5.13 Å². The Morgan fingerprint density at radius 2 is 1.91 bits per heavy atom. The van der Waals surface area contributed by atoms with Crippen molar-refractivity contribution >= 4 is 16.7 Å². The van der Waals surface area contributed by atoms with Crippen LogP contribution < -0.4 is 4.90 Å². The van der Waals surface area contributed by atoms with Crippen molar-refractivity contribution in [3.05, 3.63) is 65.5 Å². The minimum Gasteiger partial charge on any atom is -0.342 e. The molecule has 2 heterocycles. The molecule has 2 aromatic carbocycles. The van der Waals surface area contributed by atoms with Crippen LogP contribution in [0, 0.1) is 5.82 Å². The summed E-state index contributed by atoms with van der Waals surface area (Å²) in [5.74, 6) is 0.611. The maximum Gasteiger partial charge on any atom is 0.205 e. The van der Waals surface area contributed by atoms with Crippen LogP contribution in [0.5, 0.6) is 0 Å². The number of hydrogen-bond donors (Lipinski definition) is 0. The Balaban J connectivity index is 1.59. The molecule has 0 bridgehead atoms. The fourth-order valence-corrected chi connectivity index (χ4v) is 3.45. The first-order valence-corrected chi connectivity index (χ1v) is 7.98. The lowest BCUT2D eigenvalue weighted by atomic mass is 10.0. The van der Waals surface area contributed by atoms with Crippen LogP contribution in [0.15, 0.2) is 48.5 Å². The molecule has 0 atom stereocenters. The zero-order valence-corrected chi connectivity index (χ0v) is 12.7. The summed E-state index contributed by atoms with van der Waals surface area (Å²) in [5.41, 5.74) is 3.30. The van der Waals surface area contributed by atoms with Crippen LogP contribution in [0.3, 0.4) is 0 Å². The Morgan fingerprint density at radius 1 is 1.05 bits per heavy atom. The van der Waals surface area contributed by atoms with E-state index < -0.39 is 0 Å². The van der Waals surface area contributed by atoms with E-state index in [4.69, 9.17) is 0 Å². The average molecular weight is 311 g/mol. The molecule has 0 amide bonds. The summed E-state index contributed by atoms with van der Waals surface area (Å²) < 4.78 is 17.7. The molecular weight excluding hydrogens is 297 g/mol. The van der Waals surface area contributed by atoms with Gasteiger partial charge in [-0.25, -0.2) is 4.39 Å². The number of anilines is 1. The molecule has 0 unspecified atom stereocenters. The van der Waals surface area contributed by atoms with E-state index in [1.165, 1.54) is 23.2 Å². The van der Waals surface area contributed by atoms with Gasteiger partial charge in [-0.05, 0) is 29.7 Å². The number of fused-ring (bicyclic) bond motifs is 1. The van der Waals surface area contributed by atoms with E-state index in [1.54, 1.807) is 6.07 Å². The van der Waals surface area contributed by atoms with Crippen molar-refractivity contribution in [2.75, 3.05) is 11.4 Å². The highest BCUT2D eigenvalue weighted by Gasteiger charge is 2.20. The molecule has 0 saturated heterocycles. The zero-order chi connectivity index (χ0) is 14.9. The minimum absolute atomic E-state index is 0.158. The van der Waals surface area contributed by atoms with Gasteiger partial charge in [0.05, 0.1) is 0 Å². The second kappa shape index (κ2) is 5.50. The molecule has 4 rings (SSSR count). The third-order valence-electron chi connectivity index (χ3n) is 3.90. The standard InChI is InChI=1S/C17H14FN3S/c18-15-7-6-14-11-21(9-8-13(14)10-15)17-19-16(20-22-17)12-4-2-1-3-5-12/h1-7,10H,8-9,11H2. The van der Waals surface area contributed by atoms with E-state index in [-0.39, 0.29) is 5.82 Å². The van der Waals surface area contributed by atoms with Crippen molar-refractivity contribution in [3.63, 3.8) is 0 Å². The number of hydrogen-bond acceptors (Lipinski definition) is 4. The topological polar surface area (TPSA) is 29.0 Å². The second-order valence-corrected chi connectivity index (χ2v) is 6.08. The van der Waals surface area contributed by atoms with Crippen LogP contribution >= 0.6 is 11.5 Å². The Kier molecular flexibility index (Phi) is 3.35. The van der Waals surface area contributed by atoms with Crippen molar-refractivity contribution < 1.29 is 4.39 Å². The smallest absolute Gasteiger partial charge is 0.205 e. The van der Waals surface area contributed by atoms with Crippen molar-refractivity contribution in [3.8, 4) is 11.4 Å².